The number of hydrogen-bond acceptors (Lipinski definition) is 3. The zero-order chi connectivity index (χ0) is 26.1. The van der Waals surface area contributed by atoms with Crippen LogP contribution in [0.1, 0.15) is 119 Å². The van der Waals surface area contributed by atoms with E-state index in [4.69, 9.17) is 9.47 Å². The Morgan fingerprint density at radius 3 is 2.50 bits per heavy atom. The van der Waals surface area contributed by atoms with E-state index in [0.29, 0.717) is 10.8 Å². The molecule has 0 amide bonds. The molecule has 4 rings (SSSR count). The molecule has 206 valence electrons. The number of ketones is 1. The van der Waals surface area contributed by atoms with Gasteiger partial charge in [0.25, 0.3) is 0 Å². The van der Waals surface area contributed by atoms with Gasteiger partial charge in [-0.1, -0.05) is 79.4 Å². The highest BCUT2D eigenvalue weighted by Gasteiger charge is 2.59. The van der Waals surface area contributed by atoms with E-state index in [2.05, 4.69) is 40.7 Å². The molecule has 3 fully saturated rings. The molecule has 0 N–H and O–H groups in total. The first-order valence-electron chi connectivity index (χ1n) is 15.5. The molecule has 36 heavy (non-hydrogen) atoms. The first-order chi connectivity index (χ1) is 17.1. The fraction of sp³-hybridized carbons (Fsp3) is 0.909. The lowest BCUT2D eigenvalue weighted by molar-refractivity contribution is -0.139. The molecule has 0 aromatic rings. The SMILES string of the molecule is CC(C)CCC[C@@H](C)C1CCC2[C@@H]3CC=C4C[C@@H](OCOCC(=O)C(C)C)CC[C@]4(C)C3CC[C@@]21C. The molecule has 0 saturated heterocycles. The van der Waals surface area contributed by atoms with Gasteiger partial charge < -0.3 is 9.47 Å². The van der Waals surface area contributed by atoms with Gasteiger partial charge in [0, 0.05) is 5.92 Å². The largest absolute Gasteiger partial charge is 0.352 e. The molecule has 3 saturated carbocycles. The molecule has 3 nitrogen and oxygen atoms in total. The Kier molecular flexibility index (Phi) is 9.13. The Balaban J connectivity index is 1.35. The third-order valence-electron chi connectivity index (χ3n) is 11.5. The molecule has 8 atom stereocenters. The number of carbonyl (C=O) groups excluding carboxylic acids is 1. The van der Waals surface area contributed by atoms with Crippen molar-refractivity contribution in [3.8, 4) is 0 Å². The Morgan fingerprint density at radius 1 is 1.00 bits per heavy atom. The number of carbonyl (C=O) groups is 1. The Bertz CT molecular complexity index is 784. The highest BCUT2D eigenvalue weighted by molar-refractivity contribution is 5.81. The van der Waals surface area contributed by atoms with Crippen molar-refractivity contribution in [2.24, 2.45) is 52.3 Å². The van der Waals surface area contributed by atoms with Gasteiger partial charge >= 0.3 is 0 Å². The fourth-order valence-electron chi connectivity index (χ4n) is 9.25. The number of allylic oxidation sites excluding steroid dienone is 1. The van der Waals surface area contributed by atoms with E-state index in [1.54, 1.807) is 5.57 Å². The quantitative estimate of drug-likeness (QED) is 0.162. The maximum atomic E-state index is 11.8. The van der Waals surface area contributed by atoms with Crippen LogP contribution in [0.25, 0.3) is 0 Å². The second-order valence-electron chi connectivity index (χ2n) is 14.4. The van der Waals surface area contributed by atoms with Crippen molar-refractivity contribution in [1.29, 1.82) is 0 Å². The van der Waals surface area contributed by atoms with Crippen molar-refractivity contribution >= 4 is 5.78 Å². The summed E-state index contributed by atoms with van der Waals surface area (Å²) in [5, 5.41) is 0. The van der Waals surface area contributed by atoms with Crippen LogP contribution in [-0.4, -0.2) is 25.3 Å². The van der Waals surface area contributed by atoms with Crippen molar-refractivity contribution < 1.29 is 14.3 Å². The topological polar surface area (TPSA) is 35.5 Å². The zero-order valence-electron chi connectivity index (χ0n) is 24.6. The molecule has 0 aliphatic heterocycles. The van der Waals surface area contributed by atoms with Crippen LogP contribution in [0.15, 0.2) is 11.6 Å². The molecule has 4 aliphatic rings. The second kappa shape index (κ2) is 11.6. The minimum atomic E-state index is 0.0290. The molecule has 0 aromatic heterocycles. The zero-order valence-corrected chi connectivity index (χ0v) is 24.6. The molecule has 3 heteroatoms. The van der Waals surface area contributed by atoms with Crippen LogP contribution < -0.4 is 0 Å². The van der Waals surface area contributed by atoms with Gasteiger partial charge in [0.15, 0.2) is 5.78 Å². The van der Waals surface area contributed by atoms with Gasteiger partial charge in [-0.05, 0) is 97.7 Å². The van der Waals surface area contributed by atoms with Crippen molar-refractivity contribution in [3.05, 3.63) is 11.6 Å². The number of rotatable bonds is 11. The summed E-state index contributed by atoms with van der Waals surface area (Å²) in [5.41, 5.74) is 2.59. The molecule has 0 aromatic carbocycles. The summed E-state index contributed by atoms with van der Waals surface area (Å²) in [6.07, 6.45) is 17.6. The highest BCUT2D eigenvalue weighted by Crippen LogP contribution is 2.67. The standard InChI is InChI=1S/C33H56O3/c1-22(2)9-8-10-24(5)28-13-14-29-27-12-11-25-19-26(36-21-35-20-31(34)23(3)4)15-17-32(25,6)30(27)16-18-33(28,29)7/h11,22-24,26-30H,8-10,12-21H2,1-7H3/t24-,26+,27+,28?,29?,30?,32+,33-/m1/s1. The molecule has 0 radical (unpaired) electrons. The van der Waals surface area contributed by atoms with Crippen LogP contribution in [0, 0.1) is 52.3 Å². The lowest BCUT2D eigenvalue weighted by Crippen LogP contribution is -2.51. The third kappa shape index (κ3) is 5.68. The number of hydrogen-bond donors (Lipinski definition) is 0. The molecule has 0 heterocycles. The highest BCUT2D eigenvalue weighted by atomic mass is 16.7. The summed E-state index contributed by atoms with van der Waals surface area (Å²) in [6, 6.07) is 0. The maximum absolute atomic E-state index is 11.8. The Hall–Kier alpha value is -0.670. The average molecular weight is 501 g/mol. The number of Topliss-reactive ketones (excluding diaryl/α,β-unsaturated/α-hetero) is 1. The van der Waals surface area contributed by atoms with E-state index >= 15 is 0 Å². The smallest absolute Gasteiger partial charge is 0.161 e. The minimum Gasteiger partial charge on any atom is -0.352 e. The normalized spacial score (nSPS) is 38.9. The van der Waals surface area contributed by atoms with Gasteiger partial charge in [0.2, 0.25) is 0 Å². The molecular formula is C33H56O3. The van der Waals surface area contributed by atoms with Gasteiger partial charge in [0.1, 0.15) is 13.4 Å². The monoisotopic (exact) mass is 500 g/mol. The first kappa shape index (κ1) is 28.3. The van der Waals surface area contributed by atoms with E-state index in [1.165, 1.54) is 57.8 Å². The van der Waals surface area contributed by atoms with E-state index < -0.39 is 0 Å². The van der Waals surface area contributed by atoms with Crippen molar-refractivity contribution in [1.82, 2.24) is 0 Å². The van der Waals surface area contributed by atoms with Crippen LogP contribution >= 0.6 is 0 Å². The maximum Gasteiger partial charge on any atom is 0.161 e. The average Bonchev–Trinajstić information content (AvgIpc) is 3.18. The second-order valence-corrected chi connectivity index (χ2v) is 14.4. The number of fused-ring (bicyclic) bond motifs is 5. The van der Waals surface area contributed by atoms with E-state index in [9.17, 15) is 4.79 Å². The Morgan fingerprint density at radius 2 is 1.78 bits per heavy atom. The molecule has 3 unspecified atom stereocenters. The van der Waals surface area contributed by atoms with Gasteiger partial charge in [-0.3, -0.25) is 4.79 Å². The molecule has 0 spiro atoms. The molecule has 0 bridgehead atoms. The lowest BCUT2D eigenvalue weighted by Gasteiger charge is -2.58. The van der Waals surface area contributed by atoms with Gasteiger partial charge in [0.05, 0.1) is 6.10 Å². The van der Waals surface area contributed by atoms with Crippen LogP contribution in [0.2, 0.25) is 0 Å². The summed E-state index contributed by atoms with van der Waals surface area (Å²) in [4.78, 5) is 11.8. The minimum absolute atomic E-state index is 0.0290. The van der Waals surface area contributed by atoms with Crippen LogP contribution in [0.3, 0.4) is 0 Å². The first-order valence-corrected chi connectivity index (χ1v) is 15.5. The third-order valence-corrected chi connectivity index (χ3v) is 11.5. The van der Waals surface area contributed by atoms with E-state index in [1.807, 2.05) is 13.8 Å². The molecule has 4 aliphatic carbocycles. The lowest BCUT2D eigenvalue weighted by atomic mass is 9.47. The molecular weight excluding hydrogens is 444 g/mol. The summed E-state index contributed by atoms with van der Waals surface area (Å²) in [6.45, 7) is 16.9. The summed E-state index contributed by atoms with van der Waals surface area (Å²) < 4.78 is 11.6. The van der Waals surface area contributed by atoms with E-state index in [-0.39, 0.29) is 31.2 Å². The Labute approximate surface area is 222 Å². The summed E-state index contributed by atoms with van der Waals surface area (Å²) in [5.74, 6) is 5.49. The summed E-state index contributed by atoms with van der Waals surface area (Å²) in [7, 11) is 0. The van der Waals surface area contributed by atoms with Gasteiger partial charge in [-0.15, -0.1) is 0 Å². The predicted molar refractivity (Wildman–Crippen MR) is 149 cm³/mol. The summed E-state index contributed by atoms with van der Waals surface area (Å²) >= 11 is 0. The van der Waals surface area contributed by atoms with Crippen LogP contribution in [0.4, 0.5) is 0 Å². The van der Waals surface area contributed by atoms with Crippen LogP contribution in [0.5, 0.6) is 0 Å². The van der Waals surface area contributed by atoms with Crippen molar-refractivity contribution in [2.45, 2.75) is 125 Å². The number of ether oxygens (including phenoxy) is 2. The van der Waals surface area contributed by atoms with Gasteiger partial charge in [-0.2, -0.15) is 0 Å². The van der Waals surface area contributed by atoms with Gasteiger partial charge in [-0.25, -0.2) is 0 Å². The fourth-order valence-corrected chi connectivity index (χ4v) is 9.25. The van der Waals surface area contributed by atoms with E-state index in [0.717, 1.165) is 48.3 Å². The van der Waals surface area contributed by atoms with Crippen LogP contribution in [-0.2, 0) is 14.3 Å². The van der Waals surface area contributed by atoms with Crippen molar-refractivity contribution in [3.63, 3.8) is 0 Å². The predicted octanol–water partition coefficient (Wildman–Crippen LogP) is 8.61. The van der Waals surface area contributed by atoms with Crippen molar-refractivity contribution in [2.75, 3.05) is 13.4 Å².